The van der Waals surface area contributed by atoms with E-state index in [9.17, 15) is 13.2 Å². The second-order valence-electron chi connectivity index (χ2n) is 6.72. The summed E-state index contributed by atoms with van der Waals surface area (Å²) in [6, 6.07) is 15.8. The minimum atomic E-state index is -0.812. The van der Waals surface area contributed by atoms with Crippen molar-refractivity contribution in [2.75, 3.05) is 6.61 Å². The molecule has 29 heavy (non-hydrogen) atoms. The van der Waals surface area contributed by atoms with E-state index in [0.29, 0.717) is 25.0 Å². The lowest BCUT2D eigenvalue weighted by molar-refractivity contribution is 0.321. The van der Waals surface area contributed by atoms with Gasteiger partial charge in [0.25, 0.3) is 0 Å². The molecule has 0 fully saturated rings. The second-order valence-corrected chi connectivity index (χ2v) is 6.72. The van der Waals surface area contributed by atoms with Gasteiger partial charge >= 0.3 is 0 Å². The third-order valence-electron chi connectivity index (χ3n) is 4.74. The molecule has 0 aromatic heterocycles. The summed E-state index contributed by atoms with van der Waals surface area (Å²) in [4.78, 5) is 0. The second kappa shape index (κ2) is 9.46. The van der Waals surface area contributed by atoms with Crippen molar-refractivity contribution in [1.82, 2.24) is 0 Å². The van der Waals surface area contributed by atoms with E-state index in [1.165, 1.54) is 6.07 Å². The van der Waals surface area contributed by atoms with Gasteiger partial charge in [-0.25, -0.2) is 13.2 Å². The first-order valence-electron chi connectivity index (χ1n) is 9.64. The van der Waals surface area contributed by atoms with Crippen molar-refractivity contribution < 1.29 is 17.9 Å². The van der Waals surface area contributed by atoms with Gasteiger partial charge in [-0.3, -0.25) is 0 Å². The maximum atomic E-state index is 14.2. The Bertz CT molecular complexity index is 1010. The Balaban J connectivity index is 1.70. The van der Waals surface area contributed by atoms with Gasteiger partial charge in [-0.1, -0.05) is 54.6 Å². The van der Waals surface area contributed by atoms with E-state index >= 15 is 0 Å². The molecule has 1 nitrogen and oxygen atoms in total. The first-order valence-corrected chi connectivity index (χ1v) is 9.64. The molecule has 0 aliphatic rings. The minimum absolute atomic E-state index is 0.238. The van der Waals surface area contributed by atoms with Gasteiger partial charge in [0, 0.05) is 5.56 Å². The van der Waals surface area contributed by atoms with E-state index in [1.54, 1.807) is 37.3 Å². The molecule has 0 radical (unpaired) electrons. The first kappa shape index (κ1) is 20.7. The topological polar surface area (TPSA) is 9.23 Å². The summed E-state index contributed by atoms with van der Waals surface area (Å²) in [5.74, 6) is -1.76. The predicted molar refractivity (Wildman–Crippen MR) is 111 cm³/mol. The van der Waals surface area contributed by atoms with Gasteiger partial charge in [-0.05, 0) is 61.1 Å². The molecule has 3 aromatic rings. The number of aryl methyl sites for hydroxylation is 2. The fraction of sp³-hybridized carbons (Fsp3) is 0.200. The number of allylic oxidation sites excluding steroid dienone is 1. The average molecular weight is 396 g/mol. The molecule has 3 aromatic carbocycles. The van der Waals surface area contributed by atoms with Crippen molar-refractivity contribution in [3.8, 4) is 16.9 Å². The first-order chi connectivity index (χ1) is 14.0. The van der Waals surface area contributed by atoms with Crippen molar-refractivity contribution in [3.05, 3.63) is 94.8 Å². The Morgan fingerprint density at radius 1 is 0.828 bits per heavy atom. The van der Waals surface area contributed by atoms with Gasteiger partial charge in [-0.15, -0.1) is 0 Å². The molecule has 0 saturated heterocycles. The number of halogens is 3. The summed E-state index contributed by atoms with van der Waals surface area (Å²) >= 11 is 0. The maximum absolute atomic E-state index is 14.2. The van der Waals surface area contributed by atoms with E-state index < -0.39 is 17.5 Å². The Morgan fingerprint density at radius 2 is 1.55 bits per heavy atom. The van der Waals surface area contributed by atoms with Crippen molar-refractivity contribution in [1.29, 1.82) is 0 Å². The van der Waals surface area contributed by atoms with Gasteiger partial charge in [0.15, 0.2) is 23.2 Å². The molecule has 0 bridgehead atoms. The lowest BCUT2D eigenvalue weighted by atomic mass is 9.99. The zero-order valence-electron chi connectivity index (χ0n) is 16.5. The average Bonchev–Trinajstić information content (AvgIpc) is 2.73. The van der Waals surface area contributed by atoms with Crippen LogP contribution in [0.1, 0.15) is 30.5 Å². The van der Waals surface area contributed by atoms with Crippen LogP contribution >= 0.6 is 0 Å². The molecule has 0 spiro atoms. The van der Waals surface area contributed by atoms with Gasteiger partial charge in [0.2, 0.25) is 0 Å². The summed E-state index contributed by atoms with van der Waals surface area (Å²) in [5, 5.41) is 0. The molecule has 0 atom stereocenters. The van der Waals surface area contributed by atoms with Gasteiger partial charge < -0.3 is 4.74 Å². The number of rotatable bonds is 7. The monoisotopic (exact) mass is 396 g/mol. The zero-order valence-corrected chi connectivity index (χ0v) is 16.5. The number of hydrogen-bond acceptors (Lipinski definition) is 1. The normalized spacial score (nSPS) is 11.2. The fourth-order valence-corrected chi connectivity index (χ4v) is 3.20. The van der Waals surface area contributed by atoms with E-state index in [4.69, 9.17) is 4.74 Å². The van der Waals surface area contributed by atoms with Gasteiger partial charge in [0.05, 0.1) is 6.61 Å². The quantitative estimate of drug-likeness (QED) is 0.418. The van der Waals surface area contributed by atoms with Crippen LogP contribution in [-0.4, -0.2) is 6.61 Å². The molecule has 0 heterocycles. The van der Waals surface area contributed by atoms with E-state index in [1.807, 2.05) is 37.3 Å². The number of ether oxygens (including phenoxy) is 1. The van der Waals surface area contributed by atoms with Crippen LogP contribution in [-0.2, 0) is 12.8 Å². The minimum Gasteiger partial charge on any atom is -0.491 e. The molecular formula is C25H23F3O. The molecule has 0 aliphatic heterocycles. The Hall–Kier alpha value is -3.01. The lowest BCUT2D eigenvalue weighted by Gasteiger charge is -2.09. The van der Waals surface area contributed by atoms with E-state index in [0.717, 1.165) is 16.7 Å². The Labute approximate surface area is 169 Å². The van der Waals surface area contributed by atoms with Crippen LogP contribution in [0.15, 0.2) is 60.7 Å². The summed E-state index contributed by atoms with van der Waals surface area (Å²) in [6.07, 6.45) is 4.20. The SMILES string of the molecule is CC=Cc1ccc(CCc2ccc(-c3ccc(OCC)c(F)c3)cc2)c(F)c1F. The van der Waals surface area contributed by atoms with Crippen LogP contribution in [0.3, 0.4) is 0 Å². The van der Waals surface area contributed by atoms with Crippen molar-refractivity contribution in [2.45, 2.75) is 26.7 Å². The van der Waals surface area contributed by atoms with E-state index in [-0.39, 0.29) is 11.3 Å². The van der Waals surface area contributed by atoms with Crippen LogP contribution < -0.4 is 4.74 Å². The number of benzene rings is 3. The highest BCUT2D eigenvalue weighted by Crippen LogP contribution is 2.26. The van der Waals surface area contributed by atoms with Crippen molar-refractivity contribution >= 4 is 6.08 Å². The van der Waals surface area contributed by atoms with Crippen LogP contribution in [0, 0.1) is 17.5 Å². The van der Waals surface area contributed by atoms with Gasteiger partial charge in [-0.2, -0.15) is 0 Å². The molecular weight excluding hydrogens is 373 g/mol. The molecule has 3 rings (SSSR count). The van der Waals surface area contributed by atoms with Crippen LogP contribution in [0.4, 0.5) is 13.2 Å². The lowest BCUT2D eigenvalue weighted by Crippen LogP contribution is -1.99. The fourth-order valence-electron chi connectivity index (χ4n) is 3.20. The molecule has 0 amide bonds. The third-order valence-corrected chi connectivity index (χ3v) is 4.74. The smallest absolute Gasteiger partial charge is 0.166 e. The molecule has 0 saturated carbocycles. The Kier molecular flexibility index (Phi) is 6.76. The maximum Gasteiger partial charge on any atom is 0.166 e. The van der Waals surface area contributed by atoms with Crippen LogP contribution in [0.25, 0.3) is 17.2 Å². The van der Waals surface area contributed by atoms with Crippen LogP contribution in [0.2, 0.25) is 0 Å². The zero-order chi connectivity index (χ0) is 20.8. The molecule has 0 N–H and O–H groups in total. The highest BCUT2D eigenvalue weighted by atomic mass is 19.2. The molecule has 150 valence electrons. The predicted octanol–water partition coefficient (Wildman–Crippen LogP) is 6.99. The van der Waals surface area contributed by atoms with Crippen LogP contribution in [0.5, 0.6) is 5.75 Å². The summed E-state index contributed by atoms with van der Waals surface area (Å²) in [6.45, 7) is 3.98. The third kappa shape index (κ3) is 4.89. The molecule has 0 unspecified atom stereocenters. The summed E-state index contributed by atoms with van der Waals surface area (Å²) in [5.41, 5.74) is 3.24. The van der Waals surface area contributed by atoms with E-state index in [2.05, 4.69) is 0 Å². The highest BCUT2D eigenvalue weighted by Gasteiger charge is 2.12. The molecule has 0 aliphatic carbocycles. The highest BCUT2D eigenvalue weighted by molar-refractivity contribution is 5.64. The number of hydrogen-bond donors (Lipinski definition) is 0. The van der Waals surface area contributed by atoms with Crippen molar-refractivity contribution in [2.24, 2.45) is 0 Å². The van der Waals surface area contributed by atoms with Crippen molar-refractivity contribution in [3.63, 3.8) is 0 Å². The standard InChI is InChI=1S/C25H23F3O/c1-3-5-19-12-13-20(25(28)24(19)27)11-8-17-6-9-18(10-7-17)21-14-15-23(29-4-2)22(26)16-21/h3,5-7,9-10,12-16H,4,8,11H2,1-2H3. The largest absolute Gasteiger partial charge is 0.491 e. The summed E-state index contributed by atoms with van der Waals surface area (Å²) in [7, 11) is 0. The summed E-state index contributed by atoms with van der Waals surface area (Å²) < 4.78 is 47.6. The Morgan fingerprint density at radius 3 is 2.21 bits per heavy atom. The van der Waals surface area contributed by atoms with Gasteiger partial charge in [0.1, 0.15) is 0 Å². The molecule has 4 heteroatoms.